The Kier molecular flexibility index (Phi) is 3.65. The third kappa shape index (κ3) is 3.03. The van der Waals surface area contributed by atoms with Crippen LogP contribution in [0.2, 0.25) is 0 Å². The van der Waals surface area contributed by atoms with Gasteiger partial charge >= 0.3 is 0 Å². The van der Waals surface area contributed by atoms with Crippen LogP contribution < -0.4 is 11.1 Å². The van der Waals surface area contributed by atoms with Crippen LogP contribution in [0.25, 0.3) is 0 Å². The zero-order valence-corrected chi connectivity index (χ0v) is 10.2. The number of nitrogens with two attached hydrogens (primary N) is 1. The van der Waals surface area contributed by atoms with Crippen LogP contribution in [0.15, 0.2) is 18.3 Å². The maximum Gasteiger partial charge on any atom is 0.230 e. The zero-order chi connectivity index (χ0) is 12.3. The number of hydrogen-bond acceptors (Lipinski definition) is 3. The first-order valence-corrected chi connectivity index (χ1v) is 5.34. The van der Waals surface area contributed by atoms with Crippen molar-refractivity contribution < 1.29 is 4.79 Å². The summed E-state index contributed by atoms with van der Waals surface area (Å²) < 4.78 is 0. The summed E-state index contributed by atoms with van der Waals surface area (Å²) in [5, 5.41) is 2.80. The van der Waals surface area contributed by atoms with Gasteiger partial charge in [0.2, 0.25) is 5.91 Å². The first kappa shape index (κ1) is 12.6. The van der Waals surface area contributed by atoms with Crippen LogP contribution in [0.5, 0.6) is 0 Å². The molecule has 3 N–H and O–H groups in total. The van der Waals surface area contributed by atoms with E-state index < -0.39 is 5.41 Å². The van der Waals surface area contributed by atoms with Gasteiger partial charge in [-0.05, 0) is 13.0 Å². The number of amides is 1. The quantitative estimate of drug-likeness (QED) is 0.803. The Morgan fingerprint density at radius 1 is 1.50 bits per heavy atom. The molecule has 0 saturated heterocycles. The summed E-state index contributed by atoms with van der Waals surface area (Å²) in [5.74, 6) is 0.491. The van der Waals surface area contributed by atoms with E-state index in [1.54, 1.807) is 6.20 Å². The van der Waals surface area contributed by atoms with Crippen LogP contribution in [0.3, 0.4) is 0 Å². The van der Waals surface area contributed by atoms with E-state index in [0.717, 1.165) is 5.56 Å². The van der Waals surface area contributed by atoms with Gasteiger partial charge in [0.15, 0.2) is 0 Å². The molecule has 4 nitrogen and oxygen atoms in total. The molecule has 1 aromatic heterocycles. The smallest absolute Gasteiger partial charge is 0.230 e. The van der Waals surface area contributed by atoms with Crippen LogP contribution in [0.1, 0.15) is 39.3 Å². The van der Waals surface area contributed by atoms with Gasteiger partial charge in [0.1, 0.15) is 5.82 Å². The summed E-state index contributed by atoms with van der Waals surface area (Å²) in [6.07, 6.45) is 1.64. The molecule has 1 atom stereocenters. The fraction of sp³-hybridized carbons (Fsp3) is 0.500. The van der Waals surface area contributed by atoms with Gasteiger partial charge < -0.3 is 11.1 Å². The van der Waals surface area contributed by atoms with Crippen molar-refractivity contribution in [3.63, 3.8) is 0 Å². The van der Waals surface area contributed by atoms with E-state index in [-0.39, 0.29) is 11.9 Å². The fourth-order valence-corrected chi connectivity index (χ4v) is 1.18. The Morgan fingerprint density at radius 2 is 2.12 bits per heavy atom. The number of nitrogens with one attached hydrogen (secondary N) is 1. The van der Waals surface area contributed by atoms with Gasteiger partial charge in [-0.15, -0.1) is 0 Å². The summed E-state index contributed by atoms with van der Waals surface area (Å²) in [5.41, 5.74) is 6.22. The molecule has 0 aliphatic rings. The van der Waals surface area contributed by atoms with Gasteiger partial charge in [-0.1, -0.05) is 26.8 Å². The molecule has 0 aromatic carbocycles. The van der Waals surface area contributed by atoms with Crippen molar-refractivity contribution in [1.82, 2.24) is 4.98 Å². The lowest BCUT2D eigenvalue weighted by Gasteiger charge is -2.19. The highest BCUT2D eigenvalue weighted by atomic mass is 16.2. The highest BCUT2D eigenvalue weighted by molar-refractivity contribution is 5.94. The van der Waals surface area contributed by atoms with Crippen LogP contribution in [0, 0.1) is 5.41 Å². The molecule has 88 valence electrons. The third-order valence-electron chi connectivity index (χ3n) is 2.24. The second kappa shape index (κ2) is 4.61. The predicted molar refractivity (Wildman–Crippen MR) is 64.9 cm³/mol. The molecule has 1 aromatic rings. The third-order valence-corrected chi connectivity index (χ3v) is 2.24. The van der Waals surface area contributed by atoms with Crippen molar-refractivity contribution >= 4 is 11.7 Å². The molecule has 1 heterocycles. The van der Waals surface area contributed by atoms with E-state index in [9.17, 15) is 4.79 Å². The molecule has 0 aliphatic heterocycles. The normalized spacial score (nSPS) is 13.3. The van der Waals surface area contributed by atoms with Gasteiger partial charge in [-0.2, -0.15) is 0 Å². The maximum absolute atomic E-state index is 11.8. The van der Waals surface area contributed by atoms with E-state index in [0.29, 0.717) is 5.82 Å². The summed E-state index contributed by atoms with van der Waals surface area (Å²) in [4.78, 5) is 16.0. The van der Waals surface area contributed by atoms with Gasteiger partial charge in [-0.25, -0.2) is 4.98 Å². The minimum absolute atomic E-state index is 0.0619. The van der Waals surface area contributed by atoms with E-state index in [1.807, 2.05) is 39.8 Å². The molecular formula is C12H19N3O. The molecule has 1 amide bonds. The number of pyridine rings is 1. The number of rotatable bonds is 2. The number of nitrogens with zero attached hydrogens (tertiary/aromatic N) is 1. The average molecular weight is 221 g/mol. The molecule has 0 saturated carbocycles. The minimum atomic E-state index is -0.438. The molecule has 0 radical (unpaired) electrons. The number of aromatic nitrogens is 1. The average Bonchev–Trinajstić information content (AvgIpc) is 2.16. The van der Waals surface area contributed by atoms with Gasteiger partial charge in [0.25, 0.3) is 0 Å². The molecule has 0 bridgehead atoms. The summed E-state index contributed by atoms with van der Waals surface area (Å²) in [6.45, 7) is 7.44. The van der Waals surface area contributed by atoms with E-state index in [1.165, 1.54) is 0 Å². The van der Waals surface area contributed by atoms with Crippen molar-refractivity contribution in [2.24, 2.45) is 11.1 Å². The summed E-state index contributed by atoms with van der Waals surface area (Å²) in [7, 11) is 0. The van der Waals surface area contributed by atoms with Crippen molar-refractivity contribution in [2.75, 3.05) is 5.32 Å². The Hall–Kier alpha value is -1.42. The lowest BCUT2D eigenvalue weighted by molar-refractivity contribution is -0.123. The molecular weight excluding hydrogens is 202 g/mol. The Labute approximate surface area is 96.3 Å². The Bertz CT molecular complexity index is 380. The SMILES string of the molecule is CC(N)c1cccnc1NC(=O)C(C)(C)C. The Morgan fingerprint density at radius 3 is 2.62 bits per heavy atom. The topological polar surface area (TPSA) is 68.0 Å². The molecule has 0 fully saturated rings. The lowest BCUT2D eigenvalue weighted by Crippen LogP contribution is -2.29. The van der Waals surface area contributed by atoms with Gasteiger partial charge in [-0.3, -0.25) is 4.79 Å². The van der Waals surface area contributed by atoms with E-state index in [2.05, 4.69) is 10.3 Å². The zero-order valence-electron chi connectivity index (χ0n) is 10.2. The molecule has 0 aliphatic carbocycles. The monoisotopic (exact) mass is 221 g/mol. The van der Waals surface area contributed by atoms with Gasteiger partial charge in [0.05, 0.1) is 0 Å². The largest absolute Gasteiger partial charge is 0.324 e. The van der Waals surface area contributed by atoms with Gasteiger partial charge in [0, 0.05) is 23.2 Å². The van der Waals surface area contributed by atoms with Crippen LogP contribution in [-0.4, -0.2) is 10.9 Å². The van der Waals surface area contributed by atoms with E-state index >= 15 is 0 Å². The second-order valence-electron chi connectivity index (χ2n) is 4.93. The number of carbonyl (C=O) groups excluding carboxylic acids is 1. The Balaban J connectivity index is 2.94. The highest BCUT2D eigenvalue weighted by Gasteiger charge is 2.22. The van der Waals surface area contributed by atoms with Crippen molar-refractivity contribution in [2.45, 2.75) is 33.7 Å². The minimum Gasteiger partial charge on any atom is -0.324 e. The molecule has 1 rings (SSSR count). The molecule has 16 heavy (non-hydrogen) atoms. The first-order valence-electron chi connectivity index (χ1n) is 5.34. The van der Waals surface area contributed by atoms with Crippen LogP contribution in [-0.2, 0) is 4.79 Å². The van der Waals surface area contributed by atoms with Crippen molar-refractivity contribution in [1.29, 1.82) is 0 Å². The van der Waals surface area contributed by atoms with E-state index in [4.69, 9.17) is 5.73 Å². The lowest BCUT2D eigenvalue weighted by atomic mass is 9.95. The fourth-order valence-electron chi connectivity index (χ4n) is 1.18. The summed E-state index contributed by atoms with van der Waals surface area (Å²) in [6, 6.07) is 3.53. The number of carbonyl (C=O) groups is 1. The standard InChI is InChI=1S/C12H19N3O/c1-8(13)9-6-5-7-14-10(9)15-11(16)12(2,3)4/h5-8H,13H2,1-4H3,(H,14,15,16). The summed E-state index contributed by atoms with van der Waals surface area (Å²) >= 11 is 0. The van der Waals surface area contributed by atoms with Crippen LogP contribution in [0.4, 0.5) is 5.82 Å². The highest BCUT2D eigenvalue weighted by Crippen LogP contribution is 2.21. The van der Waals surface area contributed by atoms with Crippen molar-refractivity contribution in [3.05, 3.63) is 23.9 Å². The number of anilines is 1. The number of hydrogen-bond donors (Lipinski definition) is 2. The second-order valence-corrected chi connectivity index (χ2v) is 4.93. The first-order chi connectivity index (χ1) is 7.32. The predicted octanol–water partition coefficient (Wildman–Crippen LogP) is 2.09. The van der Waals surface area contributed by atoms with Crippen LogP contribution >= 0.6 is 0 Å². The molecule has 1 unspecified atom stereocenters. The maximum atomic E-state index is 11.8. The molecule has 0 spiro atoms. The van der Waals surface area contributed by atoms with Crippen molar-refractivity contribution in [3.8, 4) is 0 Å². The molecule has 4 heteroatoms.